The Morgan fingerprint density at radius 3 is 2.31 bits per heavy atom. The van der Waals surface area contributed by atoms with Crippen molar-refractivity contribution in [2.24, 2.45) is 11.3 Å². The summed E-state index contributed by atoms with van der Waals surface area (Å²) in [5.74, 6) is 0.782. The maximum atomic E-state index is 12.0. The summed E-state index contributed by atoms with van der Waals surface area (Å²) < 4.78 is 0. The lowest BCUT2D eigenvalue weighted by Gasteiger charge is -2.38. The van der Waals surface area contributed by atoms with Crippen LogP contribution in [0.3, 0.4) is 0 Å². The van der Waals surface area contributed by atoms with E-state index in [0.717, 1.165) is 30.7 Å². The summed E-state index contributed by atoms with van der Waals surface area (Å²) in [4.78, 5) is 23.0. The van der Waals surface area contributed by atoms with Gasteiger partial charge in [0.1, 0.15) is 5.69 Å². The van der Waals surface area contributed by atoms with Crippen molar-refractivity contribution in [2.75, 3.05) is 45.2 Å². The van der Waals surface area contributed by atoms with E-state index in [9.17, 15) is 4.79 Å². The zero-order chi connectivity index (χ0) is 18.9. The first kappa shape index (κ1) is 19.2. The van der Waals surface area contributed by atoms with Gasteiger partial charge in [-0.05, 0) is 49.3 Å². The summed E-state index contributed by atoms with van der Waals surface area (Å²) >= 11 is 0. The van der Waals surface area contributed by atoms with Gasteiger partial charge in [-0.25, -0.2) is 4.98 Å². The van der Waals surface area contributed by atoms with E-state index in [1.807, 2.05) is 18.3 Å². The van der Waals surface area contributed by atoms with Gasteiger partial charge in [-0.1, -0.05) is 20.8 Å². The maximum Gasteiger partial charge on any atom is 0.271 e. The van der Waals surface area contributed by atoms with Crippen molar-refractivity contribution in [3.8, 4) is 0 Å². The Morgan fingerprint density at radius 1 is 1.12 bits per heavy atom. The number of anilines is 1. The highest BCUT2D eigenvalue weighted by Gasteiger charge is 2.35. The number of pyridine rings is 1. The van der Waals surface area contributed by atoms with Gasteiger partial charge in [-0.3, -0.25) is 9.69 Å². The lowest BCUT2D eigenvalue weighted by atomic mass is 9.80. The number of rotatable bonds is 3. The Balaban J connectivity index is 1.53. The number of hydrogen-bond acceptors (Lipinski definition) is 4. The Hall–Kier alpha value is -1.62. The third-order valence-electron chi connectivity index (χ3n) is 6.16. The molecule has 2 saturated heterocycles. The molecular formula is C21H34N4O. The van der Waals surface area contributed by atoms with Crippen molar-refractivity contribution >= 4 is 11.6 Å². The van der Waals surface area contributed by atoms with Crippen molar-refractivity contribution < 1.29 is 4.79 Å². The molecule has 1 amide bonds. The smallest absolute Gasteiger partial charge is 0.271 e. The van der Waals surface area contributed by atoms with E-state index in [0.29, 0.717) is 11.1 Å². The van der Waals surface area contributed by atoms with Crippen LogP contribution in [0.1, 0.15) is 50.5 Å². The number of carbonyl (C=O) groups excluding carboxylic acids is 1. The molecule has 144 valence electrons. The molecule has 5 nitrogen and oxygen atoms in total. The summed E-state index contributed by atoms with van der Waals surface area (Å²) in [5, 5.41) is 0. The maximum absolute atomic E-state index is 12.0. The summed E-state index contributed by atoms with van der Waals surface area (Å²) in [6.07, 6.45) is 5.63. The molecule has 5 heteroatoms. The SMILES string of the molecule is CN(C)C(=O)c1ccc(N2CCC(N3CCC(C(C)(C)C)C3)CC2)cn1. The molecule has 1 unspecified atom stereocenters. The average Bonchev–Trinajstić information content (AvgIpc) is 3.12. The van der Waals surface area contributed by atoms with E-state index < -0.39 is 0 Å². The van der Waals surface area contributed by atoms with Crippen LogP contribution in [0.4, 0.5) is 5.69 Å². The fourth-order valence-corrected chi connectivity index (χ4v) is 4.24. The van der Waals surface area contributed by atoms with Crippen LogP contribution in [0, 0.1) is 11.3 Å². The second kappa shape index (κ2) is 7.55. The number of nitrogens with zero attached hydrogens (tertiary/aromatic N) is 4. The lowest BCUT2D eigenvalue weighted by molar-refractivity contribution is 0.0822. The number of aromatic nitrogens is 1. The van der Waals surface area contributed by atoms with E-state index in [4.69, 9.17) is 0 Å². The van der Waals surface area contributed by atoms with Crippen molar-refractivity contribution in [3.63, 3.8) is 0 Å². The summed E-state index contributed by atoms with van der Waals surface area (Å²) in [5.41, 5.74) is 2.07. The lowest BCUT2D eigenvalue weighted by Crippen LogP contribution is -2.44. The van der Waals surface area contributed by atoms with E-state index in [-0.39, 0.29) is 5.91 Å². The topological polar surface area (TPSA) is 39.7 Å². The molecule has 0 radical (unpaired) electrons. The van der Waals surface area contributed by atoms with Gasteiger partial charge in [0.2, 0.25) is 0 Å². The fourth-order valence-electron chi connectivity index (χ4n) is 4.24. The van der Waals surface area contributed by atoms with Crippen LogP contribution >= 0.6 is 0 Å². The molecule has 1 atom stereocenters. The van der Waals surface area contributed by atoms with Crippen molar-refractivity contribution in [3.05, 3.63) is 24.0 Å². The van der Waals surface area contributed by atoms with Gasteiger partial charge >= 0.3 is 0 Å². The minimum absolute atomic E-state index is 0.0438. The number of amides is 1. The second-order valence-corrected chi connectivity index (χ2v) is 9.17. The quantitative estimate of drug-likeness (QED) is 0.832. The Morgan fingerprint density at radius 2 is 1.81 bits per heavy atom. The molecule has 2 fully saturated rings. The predicted octanol–water partition coefficient (Wildman–Crippen LogP) is 3.12. The van der Waals surface area contributed by atoms with E-state index >= 15 is 0 Å². The van der Waals surface area contributed by atoms with Gasteiger partial charge in [-0.15, -0.1) is 0 Å². The van der Waals surface area contributed by atoms with Crippen molar-refractivity contribution in [1.29, 1.82) is 0 Å². The van der Waals surface area contributed by atoms with Gasteiger partial charge in [-0.2, -0.15) is 0 Å². The molecule has 2 aliphatic heterocycles. The van der Waals surface area contributed by atoms with Gasteiger partial charge in [0.25, 0.3) is 5.91 Å². The Kier molecular flexibility index (Phi) is 5.56. The molecular weight excluding hydrogens is 324 g/mol. The van der Waals surface area contributed by atoms with Gasteiger partial charge in [0.15, 0.2) is 0 Å². The molecule has 0 spiro atoms. The highest BCUT2D eigenvalue weighted by Crippen LogP contribution is 2.35. The first-order chi connectivity index (χ1) is 12.3. The predicted molar refractivity (Wildman–Crippen MR) is 107 cm³/mol. The van der Waals surface area contributed by atoms with E-state index in [1.54, 1.807) is 19.0 Å². The van der Waals surface area contributed by atoms with Crippen LogP contribution < -0.4 is 4.90 Å². The van der Waals surface area contributed by atoms with Crippen LogP contribution in [-0.4, -0.2) is 67.0 Å². The van der Waals surface area contributed by atoms with Crippen LogP contribution in [-0.2, 0) is 0 Å². The largest absolute Gasteiger partial charge is 0.370 e. The second-order valence-electron chi connectivity index (χ2n) is 9.17. The van der Waals surface area contributed by atoms with Gasteiger partial charge < -0.3 is 9.80 Å². The van der Waals surface area contributed by atoms with Crippen LogP contribution in [0.15, 0.2) is 18.3 Å². The molecule has 2 aliphatic rings. The highest BCUT2D eigenvalue weighted by molar-refractivity contribution is 5.92. The normalized spacial score (nSPS) is 22.7. The molecule has 0 saturated carbocycles. The van der Waals surface area contributed by atoms with Crippen molar-refractivity contribution in [1.82, 2.24) is 14.8 Å². The third-order valence-corrected chi connectivity index (χ3v) is 6.16. The first-order valence-electron chi connectivity index (χ1n) is 9.92. The molecule has 0 bridgehead atoms. The zero-order valence-corrected chi connectivity index (χ0v) is 17.0. The number of carbonyl (C=O) groups is 1. The summed E-state index contributed by atoms with van der Waals surface area (Å²) in [6, 6.07) is 4.61. The van der Waals surface area contributed by atoms with Crippen LogP contribution in [0.25, 0.3) is 0 Å². The average molecular weight is 359 g/mol. The molecule has 0 N–H and O–H groups in total. The summed E-state index contributed by atoms with van der Waals surface area (Å²) in [7, 11) is 3.51. The first-order valence-corrected chi connectivity index (χ1v) is 9.92. The standard InChI is InChI=1S/C21H34N4O/c1-21(2,3)16-8-11-25(15-16)17-9-12-24(13-10-17)18-6-7-19(22-14-18)20(26)23(4)5/h6-7,14,16-17H,8-13,15H2,1-5H3. The van der Waals surface area contributed by atoms with Crippen LogP contribution in [0.5, 0.6) is 0 Å². The Labute approximate surface area is 158 Å². The van der Waals surface area contributed by atoms with Crippen molar-refractivity contribution in [2.45, 2.75) is 46.1 Å². The molecule has 0 aliphatic carbocycles. The molecule has 3 rings (SSSR count). The Bertz CT molecular complexity index is 612. The number of likely N-dealkylation sites (tertiary alicyclic amines) is 1. The summed E-state index contributed by atoms with van der Waals surface area (Å²) in [6.45, 7) is 11.8. The van der Waals surface area contributed by atoms with Gasteiger partial charge in [0, 0.05) is 39.8 Å². The van der Waals surface area contributed by atoms with E-state index in [1.165, 1.54) is 32.4 Å². The van der Waals surface area contributed by atoms with Crippen LogP contribution in [0.2, 0.25) is 0 Å². The number of piperidine rings is 1. The third kappa shape index (κ3) is 4.20. The molecule has 26 heavy (non-hydrogen) atoms. The highest BCUT2D eigenvalue weighted by atomic mass is 16.2. The minimum atomic E-state index is -0.0438. The minimum Gasteiger partial charge on any atom is -0.370 e. The molecule has 1 aromatic rings. The molecule has 0 aromatic carbocycles. The van der Waals surface area contributed by atoms with E-state index in [2.05, 4.69) is 35.6 Å². The monoisotopic (exact) mass is 358 g/mol. The fraction of sp³-hybridized carbons (Fsp3) is 0.714. The number of hydrogen-bond donors (Lipinski definition) is 0. The zero-order valence-electron chi connectivity index (χ0n) is 17.0. The molecule has 1 aromatic heterocycles. The molecule has 3 heterocycles. The van der Waals surface area contributed by atoms with Gasteiger partial charge in [0.05, 0.1) is 11.9 Å².